The number of benzene rings is 2. The number of hydrogen-bond acceptors (Lipinski definition) is 6. The van der Waals surface area contributed by atoms with Crippen molar-refractivity contribution in [2.45, 2.75) is 57.1 Å². The van der Waals surface area contributed by atoms with Gasteiger partial charge in [-0.2, -0.15) is 0 Å². The molecule has 2 aliphatic heterocycles. The average Bonchev–Trinajstić information content (AvgIpc) is 3.54. The first kappa shape index (κ1) is 25.3. The topological polar surface area (TPSA) is 101 Å². The van der Waals surface area contributed by atoms with Gasteiger partial charge in [-0.25, -0.2) is 0 Å². The maximum atomic E-state index is 13.9. The summed E-state index contributed by atoms with van der Waals surface area (Å²) in [6.07, 6.45) is 2.69. The summed E-state index contributed by atoms with van der Waals surface area (Å²) in [5.41, 5.74) is 0.610. The summed E-state index contributed by atoms with van der Waals surface area (Å²) < 4.78 is 8.40. The number of aromatic nitrogens is 3. The molecule has 1 saturated heterocycles. The molecule has 37 heavy (non-hydrogen) atoms. The first-order chi connectivity index (χ1) is 17.7. The fourth-order valence-corrected chi connectivity index (χ4v) is 6.23. The molecular weight excluding hydrogens is 468 g/mol. The van der Waals surface area contributed by atoms with Crippen molar-refractivity contribution in [2.75, 3.05) is 11.4 Å². The third-order valence-electron chi connectivity index (χ3n) is 7.80. The standard InChI is InChI=1S/C29H34N4O4/c1-5-16-33-23-14-10-9-13-21(23)29(27(33)35)19(2)25(28(3,4)36)24(37-29)15-17-32-18-22(30-31-32)26(34)20-11-7-6-8-12-20/h5-14,18-19,24-26,34,36H,1,15-17H2,2-4H3/t19-,24+,25-,26+,29+/m0/s1. The fraction of sp³-hybridized carbons (Fsp3) is 0.414. The van der Waals surface area contributed by atoms with Crippen LogP contribution in [0.2, 0.25) is 0 Å². The molecule has 3 aromatic rings. The number of carbonyl (C=O) groups is 1. The molecule has 5 rings (SSSR count). The number of para-hydroxylation sites is 1. The lowest BCUT2D eigenvalue weighted by atomic mass is 9.71. The highest BCUT2D eigenvalue weighted by molar-refractivity contribution is 6.07. The second-order valence-electron chi connectivity index (χ2n) is 10.6. The Bertz CT molecular complexity index is 1280. The van der Waals surface area contributed by atoms with Crippen molar-refractivity contribution in [3.63, 3.8) is 0 Å². The summed E-state index contributed by atoms with van der Waals surface area (Å²) in [4.78, 5) is 15.6. The van der Waals surface area contributed by atoms with Crippen LogP contribution in [0.15, 0.2) is 73.4 Å². The highest BCUT2D eigenvalue weighted by Gasteiger charge is 2.65. The number of ether oxygens (including phenoxy) is 1. The van der Waals surface area contributed by atoms with E-state index in [9.17, 15) is 15.0 Å². The van der Waals surface area contributed by atoms with E-state index in [0.717, 1.165) is 16.8 Å². The summed E-state index contributed by atoms with van der Waals surface area (Å²) in [6, 6.07) is 17.0. The number of nitrogens with zero attached hydrogens (tertiary/aromatic N) is 4. The zero-order valence-corrected chi connectivity index (χ0v) is 21.5. The van der Waals surface area contributed by atoms with E-state index < -0.39 is 23.4 Å². The van der Waals surface area contributed by atoms with Crippen molar-refractivity contribution in [2.24, 2.45) is 11.8 Å². The fourth-order valence-electron chi connectivity index (χ4n) is 6.23. The van der Waals surface area contributed by atoms with Gasteiger partial charge in [-0.15, -0.1) is 11.7 Å². The molecule has 1 aromatic heterocycles. The van der Waals surface area contributed by atoms with Crippen LogP contribution in [0.3, 0.4) is 0 Å². The third kappa shape index (κ3) is 4.19. The summed E-state index contributed by atoms with van der Waals surface area (Å²) in [7, 11) is 0. The predicted molar refractivity (Wildman–Crippen MR) is 140 cm³/mol. The zero-order chi connectivity index (χ0) is 26.4. The monoisotopic (exact) mass is 502 g/mol. The van der Waals surface area contributed by atoms with Crippen LogP contribution in [0.1, 0.15) is 50.1 Å². The lowest BCUT2D eigenvalue weighted by Crippen LogP contribution is -2.46. The van der Waals surface area contributed by atoms with Gasteiger partial charge in [0.25, 0.3) is 5.91 Å². The van der Waals surface area contributed by atoms with Gasteiger partial charge in [-0.1, -0.05) is 66.7 Å². The van der Waals surface area contributed by atoms with Crippen LogP contribution in [0.5, 0.6) is 0 Å². The van der Waals surface area contributed by atoms with Gasteiger partial charge in [-0.3, -0.25) is 9.48 Å². The largest absolute Gasteiger partial charge is 0.390 e. The Kier molecular flexibility index (Phi) is 6.52. The van der Waals surface area contributed by atoms with Crippen LogP contribution in [-0.4, -0.2) is 49.4 Å². The first-order valence-electron chi connectivity index (χ1n) is 12.7. The molecule has 2 aliphatic rings. The second-order valence-corrected chi connectivity index (χ2v) is 10.6. The van der Waals surface area contributed by atoms with E-state index in [-0.39, 0.29) is 17.7 Å². The number of aliphatic hydroxyl groups is 2. The molecule has 0 bridgehead atoms. The normalized spacial score (nSPS) is 26.0. The third-order valence-corrected chi connectivity index (χ3v) is 7.80. The van der Waals surface area contributed by atoms with Gasteiger partial charge in [0.05, 0.1) is 23.6 Å². The number of aliphatic hydroxyl groups excluding tert-OH is 1. The van der Waals surface area contributed by atoms with E-state index in [1.165, 1.54) is 0 Å². The highest BCUT2D eigenvalue weighted by Crippen LogP contribution is 2.57. The molecule has 194 valence electrons. The van der Waals surface area contributed by atoms with Gasteiger partial charge < -0.3 is 19.8 Å². The van der Waals surface area contributed by atoms with Crippen LogP contribution in [0.25, 0.3) is 0 Å². The van der Waals surface area contributed by atoms with Crippen molar-refractivity contribution in [3.8, 4) is 0 Å². The van der Waals surface area contributed by atoms with E-state index in [4.69, 9.17) is 4.74 Å². The van der Waals surface area contributed by atoms with Crippen LogP contribution >= 0.6 is 0 Å². The molecule has 5 atom stereocenters. The van der Waals surface area contributed by atoms with Crippen LogP contribution in [-0.2, 0) is 21.7 Å². The number of hydrogen-bond donors (Lipinski definition) is 2. The Morgan fingerprint density at radius 2 is 1.89 bits per heavy atom. The molecule has 0 unspecified atom stereocenters. The van der Waals surface area contributed by atoms with E-state index in [0.29, 0.717) is 25.2 Å². The van der Waals surface area contributed by atoms with Gasteiger partial charge in [0.1, 0.15) is 11.8 Å². The predicted octanol–water partition coefficient (Wildman–Crippen LogP) is 3.60. The van der Waals surface area contributed by atoms with Crippen LogP contribution in [0.4, 0.5) is 5.69 Å². The van der Waals surface area contributed by atoms with Gasteiger partial charge in [0, 0.05) is 30.5 Å². The molecular formula is C29H34N4O4. The minimum absolute atomic E-state index is 0.119. The Morgan fingerprint density at radius 1 is 1.19 bits per heavy atom. The van der Waals surface area contributed by atoms with E-state index in [1.54, 1.807) is 35.7 Å². The Labute approximate surface area is 217 Å². The van der Waals surface area contributed by atoms with Crippen LogP contribution in [0, 0.1) is 11.8 Å². The first-order valence-corrected chi connectivity index (χ1v) is 12.7. The number of aryl methyl sites for hydroxylation is 1. The lowest BCUT2D eigenvalue weighted by Gasteiger charge is -2.34. The summed E-state index contributed by atoms with van der Waals surface area (Å²) in [6.45, 7) is 10.2. The second kappa shape index (κ2) is 9.52. The maximum absolute atomic E-state index is 13.9. The highest BCUT2D eigenvalue weighted by atomic mass is 16.5. The van der Waals surface area contributed by atoms with Gasteiger partial charge in [-0.05, 0) is 31.9 Å². The minimum atomic E-state index is -1.17. The van der Waals surface area contributed by atoms with Crippen molar-refractivity contribution in [3.05, 3.63) is 90.3 Å². The van der Waals surface area contributed by atoms with Crippen molar-refractivity contribution < 1.29 is 19.7 Å². The number of rotatable bonds is 8. The maximum Gasteiger partial charge on any atom is 0.264 e. The molecule has 1 amide bonds. The van der Waals surface area contributed by atoms with Crippen molar-refractivity contribution in [1.82, 2.24) is 15.0 Å². The van der Waals surface area contributed by atoms with Gasteiger partial charge in [0.15, 0.2) is 5.60 Å². The molecule has 1 fully saturated rings. The van der Waals surface area contributed by atoms with E-state index in [2.05, 4.69) is 16.9 Å². The SMILES string of the molecule is C=CCN1C(=O)[C@]2(O[C@H](CCn3cc([C@H](O)c4ccccc4)nn3)[C@@H](C(C)(C)O)[C@@H]2C)c2ccccc21. The minimum Gasteiger partial charge on any atom is -0.390 e. The van der Waals surface area contributed by atoms with Crippen molar-refractivity contribution >= 4 is 11.6 Å². The molecule has 2 aromatic carbocycles. The Balaban J connectivity index is 1.41. The average molecular weight is 503 g/mol. The van der Waals surface area contributed by atoms with Gasteiger partial charge in [0.2, 0.25) is 0 Å². The summed E-state index contributed by atoms with van der Waals surface area (Å²) in [5.74, 6) is -0.690. The molecule has 8 heteroatoms. The lowest BCUT2D eigenvalue weighted by molar-refractivity contribution is -0.146. The Morgan fingerprint density at radius 3 is 2.59 bits per heavy atom. The van der Waals surface area contributed by atoms with Gasteiger partial charge >= 0.3 is 0 Å². The van der Waals surface area contributed by atoms with E-state index in [1.807, 2.05) is 61.5 Å². The molecule has 8 nitrogen and oxygen atoms in total. The molecule has 0 saturated carbocycles. The number of carbonyl (C=O) groups excluding carboxylic acids is 1. The summed E-state index contributed by atoms with van der Waals surface area (Å²) >= 11 is 0. The molecule has 0 aliphatic carbocycles. The summed E-state index contributed by atoms with van der Waals surface area (Å²) in [5, 5.41) is 30.3. The zero-order valence-electron chi connectivity index (χ0n) is 21.5. The molecule has 3 heterocycles. The smallest absolute Gasteiger partial charge is 0.264 e. The Hall–Kier alpha value is -3.33. The van der Waals surface area contributed by atoms with Crippen LogP contribution < -0.4 is 4.90 Å². The quantitative estimate of drug-likeness (QED) is 0.457. The molecule has 2 N–H and O–H groups in total. The molecule has 0 radical (unpaired) electrons. The number of fused-ring (bicyclic) bond motifs is 2. The van der Waals surface area contributed by atoms with E-state index >= 15 is 0 Å². The number of amides is 1. The molecule has 1 spiro atoms. The number of anilines is 1. The van der Waals surface area contributed by atoms with Crippen molar-refractivity contribution in [1.29, 1.82) is 0 Å².